The maximum Gasteiger partial charge on any atom is -0.0355 e. The third-order valence-electron chi connectivity index (χ3n) is 6.08. The first-order valence-corrected chi connectivity index (χ1v) is 10.1. The fourth-order valence-electron chi connectivity index (χ4n) is 4.84. The molecule has 0 aromatic heterocycles. The van der Waals surface area contributed by atoms with Crippen molar-refractivity contribution < 1.29 is 0 Å². The first-order valence-electron chi connectivity index (χ1n) is 10.1. The maximum absolute atomic E-state index is 2.51. The molecular formula is C21H42. The molecule has 0 N–H and O–H groups in total. The lowest BCUT2D eigenvalue weighted by molar-refractivity contribution is 0.0794. The predicted octanol–water partition coefficient (Wildman–Crippen LogP) is 7.47. The van der Waals surface area contributed by atoms with Crippen LogP contribution < -0.4 is 0 Å². The van der Waals surface area contributed by atoms with Gasteiger partial charge in [0, 0.05) is 0 Å². The van der Waals surface area contributed by atoms with Crippen LogP contribution in [0.3, 0.4) is 0 Å². The van der Waals surface area contributed by atoms with Crippen LogP contribution in [0.15, 0.2) is 0 Å². The first kappa shape index (κ1) is 19.0. The first-order chi connectivity index (χ1) is 10.1. The highest BCUT2D eigenvalue weighted by molar-refractivity contribution is 4.85. The number of hydrogen-bond donors (Lipinski definition) is 0. The van der Waals surface area contributed by atoms with Crippen LogP contribution in [-0.4, -0.2) is 0 Å². The second-order valence-corrected chi connectivity index (χ2v) is 8.22. The highest BCUT2D eigenvalue weighted by Gasteiger charge is 2.35. The van der Waals surface area contributed by atoms with Gasteiger partial charge in [0.15, 0.2) is 0 Å². The van der Waals surface area contributed by atoms with Crippen molar-refractivity contribution in [2.75, 3.05) is 0 Å². The van der Waals surface area contributed by atoms with Crippen LogP contribution >= 0.6 is 0 Å². The Labute approximate surface area is 135 Å². The lowest BCUT2D eigenvalue weighted by Gasteiger charge is -2.42. The Bertz CT molecular complexity index is 242. The summed E-state index contributed by atoms with van der Waals surface area (Å²) in [4.78, 5) is 0. The van der Waals surface area contributed by atoms with E-state index in [4.69, 9.17) is 0 Å². The van der Waals surface area contributed by atoms with Gasteiger partial charge in [-0.2, -0.15) is 0 Å². The Morgan fingerprint density at radius 2 is 1.57 bits per heavy atom. The van der Waals surface area contributed by atoms with Gasteiger partial charge in [-0.25, -0.2) is 0 Å². The Morgan fingerprint density at radius 3 is 2.19 bits per heavy atom. The van der Waals surface area contributed by atoms with E-state index in [0.717, 1.165) is 29.6 Å². The van der Waals surface area contributed by atoms with E-state index in [1.807, 2.05) is 0 Å². The Balaban J connectivity index is 2.31. The van der Waals surface area contributed by atoms with Crippen molar-refractivity contribution in [3.63, 3.8) is 0 Å². The molecule has 1 rings (SSSR count). The number of rotatable bonds is 10. The second-order valence-electron chi connectivity index (χ2n) is 8.22. The lowest BCUT2D eigenvalue weighted by Crippen LogP contribution is -2.33. The minimum atomic E-state index is 0.893. The molecule has 0 nitrogen and oxygen atoms in total. The Kier molecular flexibility index (Phi) is 9.69. The van der Waals surface area contributed by atoms with E-state index < -0.39 is 0 Å². The van der Waals surface area contributed by atoms with E-state index in [9.17, 15) is 0 Å². The standard InChI is InChI=1S/C21H42/c1-6-12-21-19(16-15-18(5)20(21)7-2)14-11-9-8-10-13-17(3)4/h17-21H,6-16H2,1-5H3. The van der Waals surface area contributed by atoms with E-state index in [0.29, 0.717) is 0 Å². The summed E-state index contributed by atoms with van der Waals surface area (Å²) < 4.78 is 0. The molecule has 0 aliphatic heterocycles. The van der Waals surface area contributed by atoms with Crippen molar-refractivity contribution in [3.05, 3.63) is 0 Å². The zero-order valence-corrected chi connectivity index (χ0v) is 15.7. The zero-order chi connectivity index (χ0) is 15.7. The van der Waals surface area contributed by atoms with Gasteiger partial charge in [-0.15, -0.1) is 0 Å². The molecule has 1 fully saturated rings. The predicted molar refractivity (Wildman–Crippen MR) is 96.6 cm³/mol. The van der Waals surface area contributed by atoms with Gasteiger partial charge in [0.1, 0.15) is 0 Å². The molecule has 1 aliphatic rings. The van der Waals surface area contributed by atoms with Crippen molar-refractivity contribution in [1.82, 2.24) is 0 Å². The van der Waals surface area contributed by atoms with Gasteiger partial charge < -0.3 is 0 Å². The largest absolute Gasteiger partial charge is 0.0654 e. The highest BCUT2D eigenvalue weighted by Crippen LogP contribution is 2.44. The van der Waals surface area contributed by atoms with Crippen LogP contribution in [0.25, 0.3) is 0 Å². The minimum absolute atomic E-state index is 0.893. The lowest BCUT2D eigenvalue weighted by atomic mass is 9.63. The minimum Gasteiger partial charge on any atom is -0.0654 e. The van der Waals surface area contributed by atoms with Gasteiger partial charge >= 0.3 is 0 Å². The second kappa shape index (κ2) is 10.7. The highest BCUT2D eigenvalue weighted by atomic mass is 14.4. The summed E-state index contributed by atoms with van der Waals surface area (Å²) >= 11 is 0. The molecule has 0 aromatic rings. The molecule has 4 unspecified atom stereocenters. The summed E-state index contributed by atoms with van der Waals surface area (Å²) in [7, 11) is 0. The molecule has 0 amide bonds. The summed E-state index contributed by atoms with van der Waals surface area (Å²) in [5.74, 6) is 4.98. The van der Waals surface area contributed by atoms with Crippen LogP contribution in [-0.2, 0) is 0 Å². The summed E-state index contributed by atoms with van der Waals surface area (Å²) in [5.41, 5.74) is 0. The molecule has 4 atom stereocenters. The van der Waals surface area contributed by atoms with E-state index >= 15 is 0 Å². The summed E-state index contributed by atoms with van der Waals surface area (Å²) in [6, 6.07) is 0. The fraction of sp³-hybridized carbons (Fsp3) is 1.00. The molecule has 0 spiro atoms. The molecule has 126 valence electrons. The van der Waals surface area contributed by atoms with Gasteiger partial charge in [0.05, 0.1) is 0 Å². The van der Waals surface area contributed by atoms with Crippen molar-refractivity contribution in [1.29, 1.82) is 0 Å². The quantitative estimate of drug-likeness (QED) is 0.366. The van der Waals surface area contributed by atoms with Crippen LogP contribution in [0.1, 0.15) is 105 Å². The third-order valence-corrected chi connectivity index (χ3v) is 6.08. The van der Waals surface area contributed by atoms with Gasteiger partial charge in [0.25, 0.3) is 0 Å². The van der Waals surface area contributed by atoms with Crippen LogP contribution in [0, 0.1) is 29.6 Å². The van der Waals surface area contributed by atoms with Gasteiger partial charge in [0.2, 0.25) is 0 Å². The molecule has 0 saturated heterocycles. The van der Waals surface area contributed by atoms with E-state index in [1.54, 1.807) is 0 Å². The Hall–Kier alpha value is 0. The van der Waals surface area contributed by atoms with Crippen molar-refractivity contribution in [2.45, 2.75) is 105 Å². The summed E-state index contributed by atoms with van der Waals surface area (Å²) in [5, 5.41) is 0. The summed E-state index contributed by atoms with van der Waals surface area (Å²) in [6.07, 6.45) is 16.2. The molecule has 0 radical (unpaired) electrons. The SMILES string of the molecule is CCCC1C(CCCCCCC(C)C)CCC(C)C1CC. The molecule has 0 aromatic carbocycles. The van der Waals surface area contributed by atoms with Gasteiger partial charge in [-0.05, 0) is 36.0 Å². The number of hydrogen-bond acceptors (Lipinski definition) is 0. The fourth-order valence-corrected chi connectivity index (χ4v) is 4.84. The van der Waals surface area contributed by atoms with Crippen LogP contribution in [0.4, 0.5) is 0 Å². The number of unbranched alkanes of at least 4 members (excludes halogenated alkanes) is 3. The molecule has 1 aliphatic carbocycles. The molecular weight excluding hydrogens is 252 g/mol. The summed E-state index contributed by atoms with van der Waals surface area (Å²) in [6.45, 7) is 12.0. The maximum atomic E-state index is 2.51. The average molecular weight is 295 g/mol. The smallest absolute Gasteiger partial charge is 0.0355 e. The average Bonchev–Trinajstić information content (AvgIpc) is 2.45. The van der Waals surface area contributed by atoms with Gasteiger partial charge in [-0.3, -0.25) is 0 Å². The van der Waals surface area contributed by atoms with Crippen molar-refractivity contribution >= 4 is 0 Å². The molecule has 21 heavy (non-hydrogen) atoms. The zero-order valence-electron chi connectivity index (χ0n) is 15.7. The van der Waals surface area contributed by atoms with E-state index in [1.165, 1.54) is 70.6 Å². The normalized spacial score (nSPS) is 30.0. The molecule has 0 heteroatoms. The molecule has 1 saturated carbocycles. The monoisotopic (exact) mass is 294 g/mol. The molecule has 0 bridgehead atoms. The van der Waals surface area contributed by atoms with Crippen LogP contribution in [0.5, 0.6) is 0 Å². The van der Waals surface area contributed by atoms with E-state index in [2.05, 4.69) is 34.6 Å². The third kappa shape index (κ3) is 6.74. The van der Waals surface area contributed by atoms with E-state index in [-0.39, 0.29) is 0 Å². The topological polar surface area (TPSA) is 0 Å². The van der Waals surface area contributed by atoms with Gasteiger partial charge in [-0.1, -0.05) is 98.8 Å². The Morgan fingerprint density at radius 1 is 0.857 bits per heavy atom. The van der Waals surface area contributed by atoms with Crippen molar-refractivity contribution in [3.8, 4) is 0 Å². The molecule has 0 heterocycles. The van der Waals surface area contributed by atoms with Crippen molar-refractivity contribution in [2.24, 2.45) is 29.6 Å². The van der Waals surface area contributed by atoms with Crippen LogP contribution in [0.2, 0.25) is 0 Å².